The number of hydrogen-bond donors (Lipinski definition) is 1. The number of carbonyl (C=O) groups is 1. The molecule has 0 atom stereocenters. The average Bonchev–Trinajstić information content (AvgIpc) is 2.32. The zero-order chi connectivity index (χ0) is 12.3. The summed E-state index contributed by atoms with van der Waals surface area (Å²) in [4.78, 5) is 11.1. The Bertz CT molecular complexity index is 555. The van der Waals surface area contributed by atoms with Crippen molar-refractivity contribution in [2.24, 2.45) is 5.73 Å². The van der Waals surface area contributed by atoms with Crippen LogP contribution in [-0.4, -0.2) is 5.91 Å². The molecule has 0 radical (unpaired) electrons. The number of amides is 1. The predicted octanol–water partition coefficient (Wildman–Crippen LogP) is 1.77. The lowest BCUT2D eigenvalue weighted by atomic mass is 10.2. The van der Waals surface area contributed by atoms with Gasteiger partial charge in [0.25, 0.3) is 5.91 Å². The number of nitrogens with two attached hydrogens (primary N) is 1. The van der Waals surface area contributed by atoms with Crippen LogP contribution in [0.2, 0.25) is 5.02 Å². The lowest BCUT2D eigenvalue weighted by Gasteiger charge is -2.01. The number of hydrogen-bond acceptors (Lipinski definition) is 1. The molecule has 2 N–H and O–H groups in total. The van der Waals surface area contributed by atoms with E-state index in [0.29, 0.717) is 17.1 Å². The second kappa shape index (κ2) is 4.97. The molecule has 2 rings (SSSR count). The van der Waals surface area contributed by atoms with Gasteiger partial charge in [-0.25, -0.2) is 0 Å². The van der Waals surface area contributed by atoms with Crippen LogP contribution in [0.3, 0.4) is 0 Å². The number of primary amides is 1. The highest BCUT2D eigenvalue weighted by atomic mass is 35.5. The van der Waals surface area contributed by atoms with Gasteiger partial charge >= 0.3 is 0 Å². The Labute approximate surface area is 104 Å². The van der Waals surface area contributed by atoms with E-state index in [4.69, 9.17) is 17.3 Å². The van der Waals surface area contributed by atoms with Crippen molar-refractivity contribution in [2.75, 3.05) is 0 Å². The zero-order valence-corrected chi connectivity index (χ0v) is 9.89. The van der Waals surface area contributed by atoms with Crippen LogP contribution in [0.1, 0.15) is 15.9 Å². The standard InChI is InChI=1S/C13H11ClN2O/c14-12-6-2-1-4-10(12)8-16-7-3-5-11(9-16)13(15)17/h1-7,9H,8H2,(H-,15,17)/p+1. The summed E-state index contributed by atoms with van der Waals surface area (Å²) in [6.07, 6.45) is 3.58. The molecule has 4 heteroatoms. The molecule has 0 unspecified atom stereocenters. The van der Waals surface area contributed by atoms with Crippen molar-refractivity contribution in [3.05, 3.63) is 64.9 Å². The van der Waals surface area contributed by atoms with E-state index in [1.807, 2.05) is 35.0 Å². The lowest BCUT2D eigenvalue weighted by Crippen LogP contribution is -2.35. The van der Waals surface area contributed by atoms with Crippen molar-refractivity contribution >= 4 is 17.5 Å². The summed E-state index contributed by atoms with van der Waals surface area (Å²) in [5.41, 5.74) is 6.71. The summed E-state index contributed by atoms with van der Waals surface area (Å²) >= 11 is 6.07. The summed E-state index contributed by atoms with van der Waals surface area (Å²) in [6, 6.07) is 11.1. The van der Waals surface area contributed by atoms with Crippen LogP contribution in [0.4, 0.5) is 0 Å². The van der Waals surface area contributed by atoms with Gasteiger partial charge in [0, 0.05) is 11.6 Å². The number of nitrogens with zero attached hydrogens (tertiary/aromatic N) is 1. The first-order valence-corrected chi connectivity index (χ1v) is 5.57. The second-order valence-corrected chi connectivity index (χ2v) is 4.13. The fraction of sp³-hybridized carbons (Fsp3) is 0.0769. The molecule has 2 aromatic rings. The highest BCUT2D eigenvalue weighted by molar-refractivity contribution is 6.31. The van der Waals surface area contributed by atoms with Gasteiger partial charge in [-0.1, -0.05) is 29.8 Å². The molecule has 3 nitrogen and oxygen atoms in total. The molecule has 0 aliphatic rings. The van der Waals surface area contributed by atoms with Crippen molar-refractivity contribution < 1.29 is 9.36 Å². The Hall–Kier alpha value is -1.87. The molecule has 0 aliphatic heterocycles. The van der Waals surface area contributed by atoms with Gasteiger partial charge in [0.2, 0.25) is 0 Å². The molecule has 17 heavy (non-hydrogen) atoms. The minimum absolute atomic E-state index is 0.432. The second-order valence-electron chi connectivity index (χ2n) is 3.72. The first kappa shape index (κ1) is 11.6. The maximum absolute atomic E-state index is 11.1. The monoisotopic (exact) mass is 247 g/mol. The Morgan fingerprint density at radius 2 is 2.00 bits per heavy atom. The SMILES string of the molecule is NC(=O)c1ccc[n+](Cc2ccccc2Cl)c1. The number of benzene rings is 1. The van der Waals surface area contributed by atoms with Crippen LogP contribution in [-0.2, 0) is 6.54 Å². The third kappa shape index (κ3) is 2.82. The molecule has 0 fully saturated rings. The van der Waals surface area contributed by atoms with Crippen LogP contribution < -0.4 is 10.3 Å². The highest BCUT2D eigenvalue weighted by Gasteiger charge is 2.09. The van der Waals surface area contributed by atoms with Gasteiger partial charge in [-0.3, -0.25) is 4.79 Å². The number of carbonyl (C=O) groups excluding carboxylic acids is 1. The summed E-state index contributed by atoms with van der Waals surface area (Å²) in [5, 5.41) is 0.712. The summed E-state index contributed by atoms with van der Waals surface area (Å²) in [6.45, 7) is 0.612. The van der Waals surface area contributed by atoms with Crippen molar-refractivity contribution in [1.82, 2.24) is 0 Å². The third-order valence-corrected chi connectivity index (χ3v) is 2.82. The quantitative estimate of drug-likeness (QED) is 0.826. The Balaban J connectivity index is 2.28. The van der Waals surface area contributed by atoms with Gasteiger partial charge < -0.3 is 5.73 Å². The number of rotatable bonds is 3. The predicted molar refractivity (Wildman–Crippen MR) is 65.7 cm³/mol. The van der Waals surface area contributed by atoms with Gasteiger partial charge in [-0.15, -0.1) is 0 Å². The Morgan fingerprint density at radius 3 is 2.71 bits per heavy atom. The van der Waals surface area contributed by atoms with Gasteiger partial charge in [0.1, 0.15) is 5.56 Å². The molecule has 0 saturated heterocycles. The van der Waals surface area contributed by atoms with E-state index >= 15 is 0 Å². The molecule has 1 aromatic carbocycles. The summed E-state index contributed by atoms with van der Waals surface area (Å²) < 4.78 is 1.88. The van der Waals surface area contributed by atoms with Crippen LogP contribution in [0, 0.1) is 0 Å². The molecular weight excluding hydrogens is 236 g/mol. The first-order valence-electron chi connectivity index (χ1n) is 5.19. The fourth-order valence-corrected chi connectivity index (χ4v) is 1.78. The van der Waals surface area contributed by atoms with Crippen molar-refractivity contribution in [2.45, 2.75) is 6.54 Å². The smallest absolute Gasteiger partial charge is 0.254 e. The minimum atomic E-state index is -0.432. The minimum Gasteiger partial charge on any atom is -0.365 e. The van der Waals surface area contributed by atoms with Crippen molar-refractivity contribution in [3.63, 3.8) is 0 Å². The molecule has 0 bridgehead atoms. The highest BCUT2D eigenvalue weighted by Crippen LogP contribution is 2.14. The average molecular weight is 248 g/mol. The molecule has 0 saturated carbocycles. The number of aromatic nitrogens is 1. The van der Waals surface area contributed by atoms with E-state index in [1.54, 1.807) is 18.3 Å². The van der Waals surface area contributed by atoms with E-state index in [2.05, 4.69) is 0 Å². The van der Waals surface area contributed by atoms with Crippen molar-refractivity contribution in [1.29, 1.82) is 0 Å². The molecule has 1 aromatic heterocycles. The Kier molecular flexibility index (Phi) is 3.40. The number of halogens is 1. The fourth-order valence-electron chi connectivity index (χ4n) is 1.59. The molecular formula is C13H12ClN2O+. The van der Waals surface area contributed by atoms with Gasteiger partial charge in [-0.2, -0.15) is 4.57 Å². The first-order chi connectivity index (χ1) is 8.16. The van der Waals surface area contributed by atoms with E-state index in [1.165, 1.54) is 0 Å². The van der Waals surface area contributed by atoms with E-state index in [-0.39, 0.29) is 0 Å². The van der Waals surface area contributed by atoms with Crippen molar-refractivity contribution in [3.8, 4) is 0 Å². The molecule has 1 amide bonds. The van der Waals surface area contributed by atoms with Crippen LogP contribution in [0.5, 0.6) is 0 Å². The third-order valence-electron chi connectivity index (χ3n) is 2.45. The lowest BCUT2D eigenvalue weighted by molar-refractivity contribution is -0.688. The molecule has 0 aliphatic carbocycles. The van der Waals surface area contributed by atoms with Crippen LogP contribution in [0.15, 0.2) is 48.8 Å². The molecule has 0 spiro atoms. The zero-order valence-electron chi connectivity index (χ0n) is 9.14. The normalized spacial score (nSPS) is 10.2. The van der Waals surface area contributed by atoms with Crippen LogP contribution >= 0.6 is 11.6 Å². The Morgan fingerprint density at radius 1 is 1.24 bits per heavy atom. The van der Waals surface area contributed by atoms with E-state index in [9.17, 15) is 4.79 Å². The van der Waals surface area contributed by atoms with Gasteiger partial charge in [-0.05, 0) is 12.1 Å². The maximum Gasteiger partial charge on any atom is 0.254 e. The summed E-state index contributed by atoms with van der Waals surface area (Å²) in [7, 11) is 0. The molecule has 86 valence electrons. The van der Waals surface area contributed by atoms with E-state index in [0.717, 1.165) is 5.56 Å². The maximum atomic E-state index is 11.1. The molecule has 1 heterocycles. The van der Waals surface area contributed by atoms with Crippen LogP contribution in [0.25, 0.3) is 0 Å². The number of pyridine rings is 1. The largest absolute Gasteiger partial charge is 0.365 e. The van der Waals surface area contributed by atoms with E-state index < -0.39 is 5.91 Å². The van der Waals surface area contributed by atoms with Gasteiger partial charge in [0.05, 0.1) is 5.02 Å². The van der Waals surface area contributed by atoms with Gasteiger partial charge in [0.15, 0.2) is 18.9 Å². The topological polar surface area (TPSA) is 47.0 Å². The summed E-state index contributed by atoms with van der Waals surface area (Å²) in [5.74, 6) is -0.432.